The van der Waals surface area contributed by atoms with E-state index in [1.54, 1.807) is 10.8 Å². The number of carbonyl (C=O) groups excluding carboxylic acids is 2. The van der Waals surface area contributed by atoms with Crippen LogP contribution in [0.2, 0.25) is 0 Å². The summed E-state index contributed by atoms with van der Waals surface area (Å²) in [5.74, 6) is -0.391. The summed E-state index contributed by atoms with van der Waals surface area (Å²) in [6, 6.07) is 16.1. The highest BCUT2D eigenvalue weighted by Crippen LogP contribution is 2.26. The average molecular weight is 390 g/mol. The molecule has 0 saturated carbocycles. The number of nitrogens with zero attached hydrogens (tertiary/aromatic N) is 2. The summed E-state index contributed by atoms with van der Waals surface area (Å²) in [6.45, 7) is 4.82. The molecule has 0 aliphatic carbocycles. The minimum Gasteiger partial charge on any atom is -0.465 e. The van der Waals surface area contributed by atoms with Gasteiger partial charge in [0.05, 0.1) is 18.2 Å². The molecule has 4 rings (SSSR count). The Morgan fingerprint density at radius 3 is 2.55 bits per heavy atom. The lowest BCUT2D eigenvalue weighted by atomic mass is 9.95. The molecule has 1 saturated heterocycles. The summed E-state index contributed by atoms with van der Waals surface area (Å²) in [7, 11) is 1.36. The van der Waals surface area contributed by atoms with E-state index in [1.165, 1.54) is 18.2 Å². The van der Waals surface area contributed by atoms with E-state index in [0.717, 1.165) is 43.4 Å². The van der Waals surface area contributed by atoms with Gasteiger partial charge in [-0.1, -0.05) is 48.0 Å². The van der Waals surface area contributed by atoms with Crippen LogP contribution < -0.4 is 0 Å². The molecule has 1 aromatic heterocycles. The molecule has 29 heavy (non-hydrogen) atoms. The molecule has 2 aromatic carbocycles. The van der Waals surface area contributed by atoms with Crippen molar-refractivity contribution in [1.29, 1.82) is 0 Å². The summed E-state index contributed by atoms with van der Waals surface area (Å²) >= 11 is 0. The second-order valence-electron chi connectivity index (χ2n) is 7.80. The topological polar surface area (TPSA) is 51.5 Å². The molecule has 1 fully saturated rings. The molecule has 0 unspecified atom stereocenters. The summed E-state index contributed by atoms with van der Waals surface area (Å²) in [4.78, 5) is 27.8. The molecular formula is C24H26N2O3. The quantitative estimate of drug-likeness (QED) is 0.624. The smallest absolute Gasteiger partial charge is 0.340 e. The van der Waals surface area contributed by atoms with Crippen molar-refractivity contribution in [3.05, 3.63) is 71.4 Å². The zero-order valence-electron chi connectivity index (χ0n) is 16.9. The van der Waals surface area contributed by atoms with Crippen LogP contribution in [0, 0.1) is 12.8 Å². The van der Waals surface area contributed by atoms with Crippen molar-refractivity contribution in [3.63, 3.8) is 0 Å². The fourth-order valence-electron chi connectivity index (χ4n) is 4.24. The van der Waals surface area contributed by atoms with Crippen LogP contribution in [-0.2, 0) is 11.3 Å². The largest absolute Gasteiger partial charge is 0.465 e. The molecule has 5 heteroatoms. The Hall–Kier alpha value is -2.92. The fraction of sp³-hybridized carbons (Fsp3) is 0.333. The van der Waals surface area contributed by atoms with E-state index in [2.05, 4.69) is 36.1 Å². The number of ether oxygens (including phenoxy) is 1. The molecule has 2 heterocycles. The SMILES string of the molecule is COC(=O)c1cn(C(=O)C2CCN(Cc3cccc(C)c3)CC2)c2ccccc12. The normalized spacial score (nSPS) is 15.5. The fourth-order valence-corrected chi connectivity index (χ4v) is 4.24. The highest BCUT2D eigenvalue weighted by atomic mass is 16.5. The molecule has 0 amide bonds. The molecule has 150 valence electrons. The molecule has 0 spiro atoms. The Bertz CT molecular complexity index is 1050. The van der Waals surface area contributed by atoms with Crippen LogP contribution in [0.15, 0.2) is 54.7 Å². The van der Waals surface area contributed by atoms with Crippen molar-refractivity contribution < 1.29 is 14.3 Å². The van der Waals surface area contributed by atoms with E-state index in [9.17, 15) is 9.59 Å². The van der Waals surface area contributed by atoms with Crippen molar-refractivity contribution >= 4 is 22.8 Å². The molecule has 3 aromatic rings. The molecular weight excluding hydrogens is 364 g/mol. The number of rotatable bonds is 4. The average Bonchev–Trinajstić information content (AvgIpc) is 3.13. The number of likely N-dealkylation sites (tertiary alicyclic amines) is 1. The molecule has 1 aliphatic rings. The van der Waals surface area contributed by atoms with Crippen LogP contribution in [0.1, 0.15) is 39.1 Å². The Labute approximate surface area is 170 Å². The van der Waals surface area contributed by atoms with Crippen molar-refractivity contribution in [2.24, 2.45) is 5.92 Å². The zero-order valence-corrected chi connectivity index (χ0v) is 16.9. The number of esters is 1. The Morgan fingerprint density at radius 2 is 1.83 bits per heavy atom. The Balaban J connectivity index is 1.48. The highest BCUT2D eigenvalue weighted by Gasteiger charge is 2.28. The third-order valence-corrected chi connectivity index (χ3v) is 5.78. The molecule has 0 bridgehead atoms. The highest BCUT2D eigenvalue weighted by molar-refractivity contribution is 6.07. The van der Waals surface area contributed by atoms with Gasteiger partial charge >= 0.3 is 5.97 Å². The number of hydrogen-bond acceptors (Lipinski definition) is 4. The summed E-state index contributed by atoms with van der Waals surface area (Å²) in [6.07, 6.45) is 3.29. The first kappa shape index (κ1) is 19.4. The third-order valence-electron chi connectivity index (χ3n) is 5.78. The monoisotopic (exact) mass is 390 g/mol. The lowest BCUT2D eigenvalue weighted by Crippen LogP contribution is -2.37. The van der Waals surface area contributed by atoms with Crippen LogP contribution in [-0.4, -0.2) is 41.5 Å². The summed E-state index contributed by atoms with van der Waals surface area (Å²) in [5, 5.41) is 0.754. The molecule has 0 atom stereocenters. The number of aryl methyl sites for hydroxylation is 1. The van der Waals surface area contributed by atoms with Crippen LogP contribution in [0.25, 0.3) is 10.9 Å². The van der Waals surface area contributed by atoms with Gasteiger partial charge in [-0.15, -0.1) is 0 Å². The molecule has 1 aliphatic heterocycles. The maximum atomic E-state index is 13.2. The predicted octanol–water partition coefficient (Wildman–Crippen LogP) is 4.29. The van der Waals surface area contributed by atoms with Crippen molar-refractivity contribution in [2.75, 3.05) is 20.2 Å². The number of fused-ring (bicyclic) bond motifs is 1. The van der Waals surface area contributed by atoms with E-state index in [1.807, 2.05) is 24.3 Å². The molecule has 5 nitrogen and oxygen atoms in total. The predicted molar refractivity (Wildman–Crippen MR) is 113 cm³/mol. The number of methoxy groups -OCH3 is 1. The van der Waals surface area contributed by atoms with Gasteiger partial charge in [0.2, 0.25) is 5.91 Å². The first-order valence-electron chi connectivity index (χ1n) is 10.1. The van der Waals surface area contributed by atoms with Gasteiger partial charge < -0.3 is 4.74 Å². The summed E-state index contributed by atoms with van der Waals surface area (Å²) in [5.41, 5.74) is 3.79. The van der Waals surface area contributed by atoms with Gasteiger partial charge in [0.15, 0.2) is 0 Å². The van der Waals surface area contributed by atoms with Gasteiger partial charge in [0, 0.05) is 24.0 Å². The maximum absolute atomic E-state index is 13.2. The second-order valence-corrected chi connectivity index (χ2v) is 7.80. The van der Waals surface area contributed by atoms with E-state index in [4.69, 9.17) is 4.74 Å². The van der Waals surface area contributed by atoms with Gasteiger partial charge in [0.1, 0.15) is 0 Å². The van der Waals surface area contributed by atoms with Gasteiger partial charge in [-0.25, -0.2) is 4.79 Å². The maximum Gasteiger partial charge on any atom is 0.340 e. The van der Waals surface area contributed by atoms with Crippen LogP contribution >= 0.6 is 0 Å². The van der Waals surface area contributed by atoms with E-state index < -0.39 is 5.97 Å². The van der Waals surface area contributed by atoms with Gasteiger partial charge in [-0.3, -0.25) is 14.3 Å². The van der Waals surface area contributed by atoms with Crippen LogP contribution in [0.4, 0.5) is 0 Å². The van der Waals surface area contributed by atoms with E-state index >= 15 is 0 Å². The van der Waals surface area contributed by atoms with E-state index in [-0.39, 0.29) is 11.8 Å². The van der Waals surface area contributed by atoms with Crippen LogP contribution in [0.5, 0.6) is 0 Å². The number of aromatic nitrogens is 1. The van der Waals surface area contributed by atoms with Crippen LogP contribution in [0.3, 0.4) is 0 Å². The summed E-state index contributed by atoms with van der Waals surface area (Å²) < 4.78 is 6.53. The first-order valence-corrected chi connectivity index (χ1v) is 10.1. The van der Waals surface area contributed by atoms with Gasteiger partial charge in [-0.05, 0) is 44.5 Å². The lowest BCUT2D eigenvalue weighted by molar-refractivity contribution is 0.0603. The van der Waals surface area contributed by atoms with Crippen molar-refractivity contribution in [3.8, 4) is 0 Å². The number of para-hydroxylation sites is 1. The standard InChI is InChI=1S/C24H26N2O3/c1-17-6-5-7-18(14-17)15-25-12-10-19(11-13-25)23(27)26-16-21(24(28)29-2)20-8-3-4-9-22(20)26/h3-9,14,16,19H,10-13,15H2,1-2H3. The lowest BCUT2D eigenvalue weighted by Gasteiger charge is -2.31. The van der Waals surface area contributed by atoms with Gasteiger partial charge in [0.25, 0.3) is 0 Å². The number of benzene rings is 2. The first-order chi connectivity index (χ1) is 14.1. The number of piperidine rings is 1. The zero-order chi connectivity index (χ0) is 20.4. The number of hydrogen-bond donors (Lipinski definition) is 0. The van der Waals surface area contributed by atoms with Crippen molar-refractivity contribution in [2.45, 2.75) is 26.3 Å². The minimum absolute atomic E-state index is 0.0370. The Morgan fingerprint density at radius 1 is 1.07 bits per heavy atom. The van der Waals surface area contributed by atoms with Crippen molar-refractivity contribution in [1.82, 2.24) is 9.47 Å². The van der Waals surface area contributed by atoms with Gasteiger partial charge in [-0.2, -0.15) is 0 Å². The molecule has 0 N–H and O–H groups in total. The Kier molecular flexibility index (Phi) is 5.49. The van der Waals surface area contributed by atoms with E-state index in [0.29, 0.717) is 5.56 Å². The minimum atomic E-state index is -0.416. The number of carbonyl (C=O) groups is 2. The second kappa shape index (κ2) is 8.21. The molecule has 0 radical (unpaired) electrons. The third kappa shape index (κ3) is 3.96.